The van der Waals surface area contributed by atoms with Crippen LogP contribution in [0.2, 0.25) is 0 Å². The monoisotopic (exact) mass is 292 g/mol. The highest BCUT2D eigenvalue weighted by atomic mass is 35.5. The van der Waals surface area contributed by atoms with Gasteiger partial charge in [-0.1, -0.05) is 6.42 Å². The van der Waals surface area contributed by atoms with E-state index in [1.165, 1.54) is 19.3 Å². The van der Waals surface area contributed by atoms with Crippen LogP contribution >= 0.6 is 24.2 Å². The standard InChI is InChI=1S/C13H24N2OS.ClH/c1-8(17-2)13(16)15-12-9-4-3-5-10(12)7-11(14)6-9;/h8-12H,3-7,14H2,1-2H3,(H,15,16);1H. The van der Waals surface area contributed by atoms with Crippen molar-refractivity contribution < 1.29 is 4.79 Å². The van der Waals surface area contributed by atoms with E-state index in [-0.39, 0.29) is 23.6 Å². The van der Waals surface area contributed by atoms with Gasteiger partial charge in [0.25, 0.3) is 0 Å². The molecule has 0 aromatic rings. The maximum Gasteiger partial charge on any atom is 0.233 e. The zero-order valence-electron chi connectivity index (χ0n) is 11.2. The first kappa shape index (κ1) is 16.1. The summed E-state index contributed by atoms with van der Waals surface area (Å²) < 4.78 is 0. The summed E-state index contributed by atoms with van der Waals surface area (Å²) in [6.07, 6.45) is 7.96. The molecule has 2 saturated carbocycles. The van der Waals surface area contributed by atoms with Crippen molar-refractivity contribution in [3.8, 4) is 0 Å². The SMILES string of the molecule is CSC(C)C(=O)NC1C2CCCC1CC(N)C2.Cl. The number of halogens is 1. The first-order valence-electron chi connectivity index (χ1n) is 6.70. The molecule has 18 heavy (non-hydrogen) atoms. The minimum Gasteiger partial charge on any atom is -0.352 e. The van der Waals surface area contributed by atoms with Crippen LogP contribution in [0.25, 0.3) is 0 Å². The highest BCUT2D eigenvalue weighted by molar-refractivity contribution is 7.99. The summed E-state index contributed by atoms with van der Waals surface area (Å²) >= 11 is 1.61. The first-order valence-corrected chi connectivity index (χ1v) is 7.99. The van der Waals surface area contributed by atoms with Gasteiger partial charge in [-0.2, -0.15) is 11.8 Å². The van der Waals surface area contributed by atoms with E-state index in [0.717, 1.165) is 12.8 Å². The van der Waals surface area contributed by atoms with Crippen LogP contribution in [0.15, 0.2) is 0 Å². The minimum atomic E-state index is 0. The Morgan fingerprint density at radius 2 is 1.89 bits per heavy atom. The molecule has 0 heterocycles. The number of fused-ring (bicyclic) bond motifs is 2. The summed E-state index contributed by atoms with van der Waals surface area (Å²) in [5.41, 5.74) is 6.09. The predicted octanol–water partition coefficient (Wildman–Crippen LogP) is 2.18. The van der Waals surface area contributed by atoms with Crippen LogP contribution in [-0.4, -0.2) is 29.5 Å². The lowest BCUT2D eigenvalue weighted by molar-refractivity contribution is -0.122. The van der Waals surface area contributed by atoms with E-state index in [0.29, 0.717) is 23.9 Å². The summed E-state index contributed by atoms with van der Waals surface area (Å²) in [7, 11) is 0. The first-order chi connectivity index (χ1) is 8.11. The van der Waals surface area contributed by atoms with Crippen molar-refractivity contribution in [3.05, 3.63) is 0 Å². The molecule has 2 rings (SSSR count). The molecule has 0 saturated heterocycles. The van der Waals surface area contributed by atoms with Gasteiger partial charge in [-0.3, -0.25) is 4.79 Å². The van der Waals surface area contributed by atoms with Crippen molar-refractivity contribution in [2.75, 3.05) is 6.26 Å². The highest BCUT2D eigenvalue weighted by Crippen LogP contribution is 2.39. The third-order valence-corrected chi connectivity index (χ3v) is 5.33. The fraction of sp³-hybridized carbons (Fsp3) is 0.923. The second-order valence-corrected chi connectivity index (χ2v) is 6.77. The van der Waals surface area contributed by atoms with Crippen LogP contribution in [0.5, 0.6) is 0 Å². The van der Waals surface area contributed by atoms with Crippen molar-refractivity contribution in [3.63, 3.8) is 0 Å². The Hall–Kier alpha value is 0.0700. The molecule has 3 N–H and O–H groups in total. The van der Waals surface area contributed by atoms with Gasteiger partial charge >= 0.3 is 0 Å². The summed E-state index contributed by atoms with van der Waals surface area (Å²) in [4.78, 5) is 12.0. The molecule has 5 heteroatoms. The van der Waals surface area contributed by atoms with E-state index in [2.05, 4.69) is 5.32 Å². The molecule has 2 aliphatic rings. The molecule has 0 aromatic carbocycles. The molecule has 1 amide bonds. The maximum absolute atomic E-state index is 12.0. The number of rotatable bonds is 3. The van der Waals surface area contributed by atoms with Crippen molar-refractivity contribution in [1.29, 1.82) is 0 Å². The van der Waals surface area contributed by atoms with Gasteiger partial charge in [0.1, 0.15) is 0 Å². The number of amides is 1. The number of carbonyl (C=O) groups is 1. The topological polar surface area (TPSA) is 55.1 Å². The van der Waals surface area contributed by atoms with Crippen LogP contribution in [-0.2, 0) is 4.79 Å². The fourth-order valence-corrected chi connectivity index (χ4v) is 3.70. The third-order valence-electron chi connectivity index (χ3n) is 4.41. The zero-order valence-corrected chi connectivity index (χ0v) is 12.9. The Kier molecular flexibility index (Phi) is 6.28. The second kappa shape index (κ2) is 7.01. The van der Waals surface area contributed by atoms with Crippen LogP contribution in [0.3, 0.4) is 0 Å². The molecule has 2 aliphatic carbocycles. The number of nitrogens with one attached hydrogen (secondary N) is 1. The number of hydrogen-bond acceptors (Lipinski definition) is 3. The molecule has 3 unspecified atom stereocenters. The van der Waals surface area contributed by atoms with E-state index < -0.39 is 0 Å². The minimum absolute atomic E-state index is 0. The van der Waals surface area contributed by atoms with Crippen molar-refractivity contribution in [1.82, 2.24) is 5.32 Å². The second-order valence-electron chi connectivity index (χ2n) is 5.59. The largest absolute Gasteiger partial charge is 0.352 e. The van der Waals surface area contributed by atoms with Gasteiger partial charge in [0.05, 0.1) is 5.25 Å². The Morgan fingerprint density at radius 1 is 1.33 bits per heavy atom. The van der Waals surface area contributed by atoms with E-state index in [1.54, 1.807) is 11.8 Å². The molecule has 3 nitrogen and oxygen atoms in total. The van der Waals surface area contributed by atoms with Gasteiger partial charge in [0.2, 0.25) is 5.91 Å². The van der Waals surface area contributed by atoms with Gasteiger partial charge in [-0.25, -0.2) is 0 Å². The Labute approximate surface area is 120 Å². The summed E-state index contributed by atoms with van der Waals surface area (Å²) in [5.74, 6) is 1.45. The van der Waals surface area contributed by atoms with Gasteiger partial charge < -0.3 is 11.1 Å². The number of nitrogens with two attached hydrogens (primary N) is 1. The smallest absolute Gasteiger partial charge is 0.233 e. The van der Waals surface area contributed by atoms with Crippen LogP contribution < -0.4 is 11.1 Å². The lowest BCUT2D eigenvalue weighted by Crippen LogP contribution is -2.54. The number of thioether (sulfide) groups is 1. The Bertz CT molecular complexity index is 276. The van der Waals surface area contributed by atoms with Gasteiger partial charge in [-0.15, -0.1) is 12.4 Å². The third kappa shape index (κ3) is 3.55. The molecular weight excluding hydrogens is 268 g/mol. The molecule has 0 radical (unpaired) electrons. The molecule has 0 aliphatic heterocycles. The van der Waals surface area contributed by atoms with Gasteiger partial charge in [0.15, 0.2) is 0 Å². The molecule has 2 fully saturated rings. The van der Waals surface area contributed by atoms with Gasteiger partial charge in [0, 0.05) is 12.1 Å². The molecular formula is C13H25ClN2OS. The normalized spacial score (nSPS) is 36.4. The van der Waals surface area contributed by atoms with E-state index >= 15 is 0 Å². The number of hydrogen-bond donors (Lipinski definition) is 2. The van der Waals surface area contributed by atoms with E-state index in [9.17, 15) is 4.79 Å². The molecule has 106 valence electrons. The average Bonchev–Trinajstić information content (AvgIpc) is 2.29. The van der Waals surface area contributed by atoms with Crippen molar-refractivity contribution >= 4 is 30.1 Å². The van der Waals surface area contributed by atoms with Crippen LogP contribution in [0.4, 0.5) is 0 Å². The predicted molar refractivity (Wildman–Crippen MR) is 80.2 cm³/mol. The molecule has 0 spiro atoms. The lowest BCUT2D eigenvalue weighted by atomic mass is 9.67. The van der Waals surface area contributed by atoms with Gasteiger partial charge in [-0.05, 0) is 50.7 Å². The average molecular weight is 293 g/mol. The Balaban J connectivity index is 0.00000162. The van der Waals surface area contributed by atoms with Crippen LogP contribution in [0.1, 0.15) is 39.0 Å². The summed E-state index contributed by atoms with van der Waals surface area (Å²) in [6, 6.07) is 0.752. The highest BCUT2D eigenvalue weighted by Gasteiger charge is 2.40. The number of carbonyl (C=O) groups excluding carboxylic acids is 1. The van der Waals surface area contributed by atoms with E-state index in [4.69, 9.17) is 5.73 Å². The molecule has 3 atom stereocenters. The quantitative estimate of drug-likeness (QED) is 0.838. The van der Waals surface area contributed by atoms with Crippen LogP contribution in [0, 0.1) is 11.8 Å². The lowest BCUT2D eigenvalue weighted by Gasteiger charge is -2.45. The molecule has 0 aromatic heterocycles. The van der Waals surface area contributed by atoms with Crippen molar-refractivity contribution in [2.24, 2.45) is 17.6 Å². The Morgan fingerprint density at radius 3 is 2.39 bits per heavy atom. The maximum atomic E-state index is 12.0. The zero-order chi connectivity index (χ0) is 12.4. The van der Waals surface area contributed by atoms with Crippen molar-refractivity contribution in [2.45, 2.75) is 56.4 Å². The summed E-state index contributed by atoms with van der Waals surface area (Å²) in [6.45, 7) is 1.98. The van der Waals surface area contributed by atoms with E-state index in [1.807, 2.05) is 13.2 Å². The molecule has 2 bridgehead atoms. The summed E-state index contributed by atoms with van der Waals surface area (Å²) in [5, 5.41) is 3.34. The fourth-order valence-electron chi connectivity index (χ4n) is 3.41.